The molecule has 67 heavy (non-hydrogen) atoms. The van der Waals surface area contributed by atoms with Crippen molar-refractivity contribution in [1.82, 2.24) is 0 Å². The van der Waals surface area contributed by atoms with E-state index in [9.17, 15) is 46.2 Å². The van der Waals surface area contributed by atoms with Crippen molar-refractivity contribution in [3.63, 3.8) is 0 Å². The number of benzene rings is 6. The fourth-order valence-electron chi connectivity index (χ4n) is 5.54. The number of carbonyl (C=O) groups excluding carboxylic acids is 4. The molecule has 14 nitrogen and oxygen atoms in total. The monoisotopic (exact) mass is 1060 g/mol. The second-order valence-corrected chi connectivity index (χ2v) is 18.5. The van der Waals surface area contributed by atoms with Crippen molar-refractivity contribution in [2.24, 2.45) is 0 Å². The minimum atomic E-state index is -3.92. The third-order valence-electron chi connectivity index (χ3n) is 8.94. The van der Waals surface area contributed by atoms with Crippen molar-refractivity contribution in [2.45, 2.75) is 54.0 Å². The summed E-state index contributed by atoms with van der Waals surface area (Å²) in [6.07, 6.45) is 0.651. The molecule has 2 unspecified atom stereocenters. The first-order valence-electron chi connectivity index (χ1n) is 19.4. The SMILES string of the molecule is C.CCC(Br)C(=O)Nc1cc(O)c(NC(=O)c2ccccc2)cc1Cl.CCC(C(=O)Nc1cc(O)c(NC(=O)c2ccccc2)cc1Cl)S(=O)(=O)c1ccccc1.O=[S-](=O)c1ccccc1.[Na+]. The molecule has 6 aromatic rings. The molecule has 2 atom stereocenters. The van der Waals surface area contributed by atoms with Crippen LogP contribution in [0.1, 0.15) is 54.8 Å². The summed E-state index contributed by atoms with van der Waals surface area (Å²) in [5, 5.41) is 29.5. The van der Waals surface area contributed by atoms with Crippen LogP contribution < -0.4 is 50.8 Å². The third kappa shape index (κ3) is 17.1. The number of halogens is 3. The smallest absolute Gasteiger partial charge is 0.506 e. The van der Waals surface area contributed by atoms with Crippen LogP contribution in [0.5, 0.6) is 11.5 Å². The molecule has 0 spiro atoms. The molecule has 20 heteroatoms. The molecular formula is C47H46BrCl2N4NaO10S2. The van der Waals surface area contributed by atoms with Gasteiger partial charge >= 0.3 is 29.6 Å². The molecule has 0 bridgehead atoms. The normalized spacial score (nSPS) is 11.3. The number of carbonyl (C=O) groups is 4. The van der Waals surface area contributed by atoms with E-state index in [-0.39, 0.29) is 109 Å². The Morgan fingerprint density at radius 2 is 0.955 bits per heavy atom. The maximum Gasteiger partial charge on any atom is 1.00 e. The molecule has 4 amide bonds. The third-order valence-corrected chi connectivity index (χ3v) is 13.5. The van der Waals surface area contributed by atoms with Crippen molar-refractivity contribution < 1.29 is 75.8 Å². The quantitative estimate of drug-likeness (QED) is 0.0284. The molecule has 0 fully saturated rings. The van der Waals surface area contributed by atoms with Crippen LogP contribution in [0.15, 0.2) is 155 Å². The number of alkyl halides is 1. The Hall–Kier alpha value is -5.24. The van der Waals surface area contributed by atoms with Crippen molar-refractivity contribution in [3.8, 4) is 11.5 Å². The number of phenols is 2. The molecule has 0 aliphatic carbocycles. The Morgan fingerprint density at radius 1 is 0.582 bits per heavy atom. The van der Waals surface area contributed by atoms with E-state index >= 15 is 0 Å². The standard InChI is InChI=1S/C23H21ClN2O5S.C17H16BrClN2O3.C6H5O2S.CH4.Na/c1-2-21(32(30,31)16-11-7-4-8-12-16)23(29)25-18-14-20(27)19(13-17(18)24)26-22(28)15-9-5-3-6-10-15;1-2-11(18)17(24)20-13-9-15(22)14(8-12(13)19)21-16(23)10-6-4-3-5-7-10;7-9(8)6-4-2-1-3-5-6;;/h3-14,21,27H,2H2,1H3,(H,25,29)(H,26,28);3-9,11,22H,2H2,1H3,(H,20,24)(H,21,23);1-5H;1H4;/q;;-1;;+1. The number of sulfone groups is 1. The topological polar surface area (TPSA) is 225 Å². The van der Waals surface area contributed by atoms with Gasteiger partial charge in [0.1, 0.15) is 16.7 Å². The van der Waals surface area contributed by atoms with Gasteiger partial charge in [-0.25, -0.2) is 8.42 Å². The Bertz CT molecular complexity index is 2790. The van der Waals surface area contributed by atoms with Gasteiger partial charge in [0.15, 0.2) is 9.84 Å². The van der Waals surface area contributed by atoms with Crippen LogP contribution in [0.4, 0.5) is 22.7 Å². The van der Waals surface area contributed by atoms with Crippen LogP contribution in [-0.2, 0) is 38.5 Å². The number of hydrogen-bond acceptors (Lipinski definition) is 11. The minimum Gasteiger partial charge on any atom is -0.506 e. The van der Waals surface area contributed by atoms with E-state index in [1.165, 1.54) is 30.3 Å². The predicted molar refractivity (Wildman–Crippen MR) is 263 cm³/mol. The van der Waals surface area contributed by atoms with Gasteiger partial charge in [-0.15, -0.1) is 0 Å². The fraction of sp³-hybridized carbons (Fsp3) is 0.149. The summed E-state index contributed by atoms with van der Waals surface area (Å²) in [6.45, 7) is 3.45. The van der Waals surface area contributed by atoms with E-state index in [0.29, 0.717) is 22.4 Å². The van der Waals surface area contributed by atoms with Crippen LogP contribution in [0.25, 0.3) is 0 Å². The molecule has 0 radical (unpaired) electrons. The Labute approximate surface area is 431 Å². The Morgan fingerprint density at radius 3 is 1.31 bits per heavy atom. The van der Waals surface area contributed by atoms with E-state index in [1.807, 2.05) is 6.92 Å². The molecule has 0 saturated heterocycles. The molecular weight excluding hydrogens is 1020 g/mol. The summed E-state index contributed by atoms with van der Waals surface area (Å²) >= 11 is 15.6. The number of phenolic OH excluding ortho intramolecular Hbond substituents is 2. The summed E-state index contributed by atoms with van der Waals surface area (Å²) in [7, 11) is -6.00. The van der Waals surface area contributed by atoms with E-state index in [2.05, 4.69) is 37.2 Å². The van der Waals surface area contributed by atoms with Gasteiger partial charge in [-0.05, 0) is 72.1 Å². The first-order valence-corrected chi connectivity index (χ1v) is 23.7. The second kappa shape index (κ2) is 28.2. The molecule has 0 heterocycles. The first-order chi connectivity index (χ1) is 31.0. The number of rotatable bonds is 13. The zero-order chi connectivity index (χ0) is 47.7. The average Bonchev–Trinajstić information content (AvgIpc) is 3.31. The zero-order valence-corrected chi connectivity index (χ0v) is 42.3. The van der Waals surface area contributed by atoms with Gasteiger partial charge in [-0.2, -0.15) is 0 Å². The van der Waals surface area contributed by atoms with Crippen molar-refractivity contribution in [3.05, 3.63) is 167 Å². The largest absolute Gasteiger partial charge is 1.00 e. The van der Waals surface area contributed by atoms with E-state index in [0.717, 1.165) is 6.07 Å². The molecule has 0 saturated carbocycles. The molecule has 6 rings (SSSR count). The van der Waals surface area contributed by atoms with Gasteiger partial charge in [0.25, 0.3) is 11.8 Å². The van der Waals surface area contributed by atoms with Crippen LogP contribution in [0.2, 0.25) is 10.0 Å². The van der Waals surface area contributed by atoms with Gasteiger partial charge in [-0.3, -0.25) is 19.2 Å². The number of aromatic hydroxyl groups is 2. The summed E-state index contributed by atoms with van der Waals surface area (Å²) in [5.74, 6) is -2.40. The summed E-state index contributed by atoms with van der Waals surface area (Å²) in [5.41, 5.74) is 1.35. The first kappa shape index (κ1) is 57.9. The minimum absolute atomic E-state index is 0. The van der Waals surface area contributed by atoms with Gasteiger partial charge in [0.05, 0.1) is 42.5 Å². The van der Waals surface area contributed by atoms with Crippen molar-refractivity contribution in [2.75, 3.05) is 21.3 Å². The van der Waals surface area contributed by atoms with E-state index in [1.54, 1.807) is 116 Å². The number of anilines is 4. The molecule has 0 aliphatic rings. The summed E-state index contributed by atoms with van der Waals surface area (Å²) in [4.78, 5) is 49.1. The maximum absolute atomic E-state index is 12.9. The number of hydrogen-bond donors (Lipinski definition) is 6. The fourth-order valence-corrected chi connectivity index (χ4v) is 8.11. The molecule has 6 aromatic carbocycles. The van der Waals surface area contributed by atoms with Gasteiger partial charge in [0.2, 0.25) is 11.8 Å². The van der Waals surface area contributed by atoms with Crippen LogP contribution in [0.3, 0.4) is 0 Å². The Balaban J connectivity index is 0.000000387. The Kier molecular flexibility index (Phi) is 24.3. The molecule has 6 N–H and O–H groups in total. The molecule has 348 valence electrons. The summed E-state index contributed by atoms with van der Waals surface area (Å²) < 4.78 is 46.1. The van der Waals surface area contributed by atoms with E-state index < -0.39 is 37.6 Å². The second-order valence-electron chi connectivity index (χ2n) is 13.5. The number of nitrogens with one attached hydrogen (secondary N) is 4. The van der Waals surface area contributed by atoms with Crippen LogP contribution >= 0.6 is 39.1 Å². The van der Waals surface area contributed by atoms with Gasteiger partial charge in [-0.1, -0.05) is 150 Å². The number of amides is 4. The molecule has 0 aromatic heterocycles. The zero-order valence-electron chi connectivity index (χ0n) is 35.5. The van der Waals surface area contributed by atoms with E-state index in [4.69, 9.17) is 23.2 Å². The van der Waals surface area contributed by atoms with Crippen molar-refractivity contribution in [1.29, 1.82) is 0 Å². The maximum atomic E-state index is 12.9. The summed E-state index contributed by atoms with van der Waals surface area (Å²) in [6, 6.07) is 38.0. The van der Waals surface area contributed by atoms with Crippen LogP contribution in [0, 0.1) is 0 Å². The van der Waals surface area contributed by atoms with Crippen LogP contribution in [-0.4, -0.2) is 52.3 Å². The van der Waals surface area contributed by atoms with Gasteiger partial charge < -0.3 is 39.9 Å². The average molecular weight is 1060 g/mol. The van der Waals surface area contributed by atoms with Gasteiger partial charge in [0, 0.05) is 23.3 Å². The molecule has 0 aliphatic heterocycles. The predicted octanol–water partition coefficient (Wildman–Crippen LogP) is 7.89. The van der Waals surface area contributed by atoms with Crippen molar-refractivity contribution >= 4 is 106 Å².